The van der Waals surface area contributed by atoms with Crippen molar-refractivity contribution < 1.29 is 22.8 Å². The molecule has 0 saturated carbocycles. The number of nitrogens with zero attached hydrogens (tertiary/aromatic N) is 3. The second-order valence-electron chi connectivity index (χ2n) is 6.37. The number of fused-ring (bicyclic) bond motifs is 1. The standard InChI is InChI=1S/C19H14F3N5O2/c20-19(21,22)12-8-4-5-9-13(12)23-15(28)10-14-17(29)25-18-24-16(26-27(14)18)11-6-2-1-3-7-11/h1-9,14H,10H2,(H,23,28)(H,24,25,26,29). The first-order valence-electron chi connectivity index (χ1n) is 8.62. The summed E-state index contributed by atoms with van der Waals surface area (Å²) >= 11 is 0. The number of hydrogen-bond acceptors (Lipinski definition) is 4. The summed E-state index contributed by atoms with van der Waals surface area (Å²) in [6.07, 6.45) is -5.00. The number of carbonyl (C=O) groups is 2. The van der Waals surface area contributed by atoms with Gasteiger partial charge in [-0.3, -0.25) is 14.9 Å². The van der Waals surface area contributed by atoms with E-state index in [-0.39, 0.29) is 18.1 Å². The molecule has 0 radical (unpaired) electrons. The van der Waals surface area contributed by atoms with Gasteiger partial charge < -0.3 is 5.32 Å². The SMILES string of the molecule is O=C(CC1C(=O)Nc2nc(-c3ccccc3)nn21)Nc1ccccc1C(F)(F)F. The van der Waals surface area contributed by atoms with Crippen molar-refractivity contribution in [3.8, 4) is 11.4 Å². The van der Waals surface area contributed by atoms with Gasteiger partial charge in [0.25, 0.3) is 5.91 Å². The number of hydrogen-bond donors (Lipinski definition) is 2. The minimum absolute atomic E-state index is 0.183. The van der Waals surface area contributed by atoms with Crippen molar-refractivity contribution in [1.29, 1.82) is 0 Å². The minimum atomic E-state index is -4.61. The third-order valence-corrected chi connectivity index (χ3v) is 4.38. The molecule has 1 aromatic heterocycles. The van der Waals surface area contributed by atoms with Crippen molar-refractivity contribution >= 4 is 23.5 Å². The van der Waals surface area contributed by atoms with Gasteiger partial charge in [0.05, 0.1) is 17.7 Å². The molecule has 0 bridgehead atoms. The van der Waals surface area contributed by atoms with Crippen LogP contribution in [0.4, 0.5) is 24.8 Å². The van der Waals surface area contributed by atoms with Crippen molar-refractivity contribution in [3.63, 3.8) is 0 Å². The smallest absolute Gasteiger partial charge is 0.325 e. The molecule has 0 saturated heterocycles. The van der Waals surface area contributed by atoms with Crippen molar-refractivity contribution in [2.75, 3.05) is 10.6 Å². The van der Waals surface area contributed by atoms with E-state index < -0.39 is 29.6 Å². The average Bonchev–Trinajstić information content (AvgIpc) is 3.21. The molecule has 1 atom stereocenters. The predicted molar refractivity (Wildman–Crippen MR) is 97.8 cm³/mol. The summed E-state index contributed by atoms with van der Waals surface area (Å²) in [5.74, 6) is -0.693. The Kier molecular flexibility index (Phi) is 4.53. The van der Waals surface area contributed by atoms with Crippen LogP contribution < -0.4 is 10.6 Å². The Bertz CT molecular complexity index is 1080. The van der Waals surface area contributed by atoms with Gasteiger partial charge >= 0.3 is 6.18 Å². The maximum absolute atomic E-state index is 13.1. The van der Waals surface area contributed by atoms with Crippen molar-refractivity contribution in [1.82, 2.24) is 14.8 Å². The van der Waals surface area contributed by atoms with Crippen molar-refractivity contribution in [2.24, 2.45) is 0 Å². The van der Waals surface area contributed by atoms with Crippen molar-refractivity contribution in [3.05, 3.63) is 60.2 Å². The minimum Gasteiger partial charge on any atom is -0.325 e. The number of amides is 2. The number of halogens is 3. The fraction of sp³-hybridized carbons (Fsp3) is 0.158. The molecule has 10 heteroatoms. The summed E-state index contributed by atoms with van der Waals surface area (Å²) < 4.78 is 40.5. The van der Waals surface area contributed by atoms with Crippen LogP contribution in [0.2, 0.25) is 0 Å². The zero-order valence-corrected chi connectivity index (χ0v) is 14.8. The number of rotatable bonds is 4. The van der Waals surface area contributed by atoms with Crippen LogP contribution in [0.15, 0.2) is 54.6 Å². The van der Waals surface area contributed by atoms with Gasteiger partial charge in [0, 0.05) is 5.56 Å². The van der Waals surface area contributed by atoms with Crippen LogP contribution in [-0.4, -0.2) is 26.6 Å². The molecule has 2 aromatic carbocycles. The Morgan fingerprint density at radius 1 is 1.10 bits per heavy atom. The fourth-order valence-corrected chi connectivity index (χ4v) is 3.04. The summed E-state index contributed by atoms with van der Waals surface area (Å²) in [4.78, 5) is 28.8. The zero-order chi connectivity index (χ0) is 20.6. The van der Waals surface area contributed by atoms with Crippen LogP contribution in [0.5, 0.6) is 0 Å². The van der Waals surface area contributed by atoms with E-state index in [1.54, 1.807) is 12.1 Å². The van der Waals surface area contributed by atoms with E-state index in [1.165, 1.54) is 16.8 Å². The van der Waals surface area contributed by atoms with Gasteiger partial charge in [0.1, 0.15) is 6.04 Å². The molecule has 2 N–H and O–H groups in total. The zero-order valence-electron chi connectivity index (χ0n) is 14.8. The maximum atomic E-state index is 13.1. The van der Waals surface area contributed by atoms with Gasteiger partial charge in [-0.2, -0.15) is 18.2 Å². The quantitative estimate of drug-likeness (QED) is 0.701. The number of benzene rings is 2. The van der Waals surface area contributed by atoms with E-state index in [0.29, 0.717) is 5.82 Å². The number of aromatic nitrogens is 3. The lowest BCUT2D eigenvalue weighted by Crippen LogP contribution is -2.24. The number of anilines is 2. The Hall–Kier alpha value is -3.69. The Morgan fingerprint density at radius 3 is 2.52 bits per heavy atom. The topological polar surface area (TPSA) is 88.9 Å². The molecule has 0 fully saturated rings. The first-order chi connectivity index (χ1) is 13.8. The van der Waals surface area contributed by atoms with E-state index in [9.17, 15) is 22.8 Å². The second kappa shape index (κ2) is 7.04. The van der Waals surface area contributed by atoms with Gasteiger partial charge in [-0.15, -0.1) is 5.10 Å². The Balaban J connectivity index is 1.53. The van der Waals surface area contributed by atoms with Gasteiger partial charge in [-0.05, 0) is 12.1 Å². The number of carbonyl (C=O) groups excluding carboxylic acids is 2. The predicted octanol–water partition coefficient (Wildman–Crippen LogP) is 3.49. The van der Waals surface area contributed by atoms with E-state index in [2.05, 4.69) is 20.7 Å². The molecular formula is C19H14F3N5O2. The van der Waals surface area contributed by atoms with Crippen LogP contribution in [0.3, 0.4) is 0 Å². The van der Waals surface area contributed by atoms with E-state index in [1.807, 2.05) is 18.2 Å². The lowest BCUT2D eigenvalue weighted by molar-refractivity contribution is -0.137. The Labute approximate surface area is 162 Å². The molecule has 4 rings (SSSR count). The molecular weight excluding hydrogens is 387 g/mol. The molecule has 1 aliphatic rings. The number of alkyl halides is 3. The molecule has 0 aliphatic carbocycles. The monoisotopic (exact) mass is 401 g/mol. The number of para-hydroxylation sites is 1. The second-order valence-corrected chi connectivity index (χ2v) is 6.37. The highest BCUT2D eigenvalue weighted by atomic mass is 19.4. The lowest BCUT2D eigenvalue weighted by Gasteiger charge is -2.14. The Morgan fingerprint density at radius 2 is 1.79 bits per heavy atom. The maximum Gasteiger partial charge on any atom is 0.418 e. The molecule has 1 aliphatic heterocycles. The molecule has 7 nitrogen and oxygen atoms in total. The van der Waals surface area contributed by atoms with Gasteiger partial charge in [-0.1, -0.05) is 42.5 Å². The summed E-state index contributed by atoms with van der Waals surface area (Å²) in [7, 11) is 0. The molecule has 29 heavy (non-hydrogen) atoms. The summed E-state index contributed by atoms with van der Waals surface area (Å²) in [6, 6.07) is 12.7. The van der Waals surface area contributed by atoms with E-state index in [4.69, 9.17) is 0 Å². The van der Waals surface area contributed by atoms with E-state index in [0.717, 1.165) is 17.7 Å². The highest BCUT2D eigenvalue weighted by molar-refractivity contribution is 6.01. The molecule has 2 heterocycles. The van der Waals surface area contributed by atoms with Gasteiger partial charge in [0.15, 0.2) is 5.82 Å². The van der Waals surface area contributed by atoms with Crippen LogP contribution in [0, 0.1) is 0 Å². The summed E-state index contributed by atoms with van der Waals surface area (Å²) in [5, 5.41) is 9.04. The normalized spacial score (nSPS) is 15.7. The first kappa shape index (κ1) is 18.7. The molecule has 3 aromatic rings. The molecule has 2 amide bonds. The average molecular weight is 401 g/mol. The molecule has 0 spiro atoms. The van der Waals surface area contributed by atoms with Crippen LogP contribution in [0.25, 0.3) is 11.4 Å². The van der Waals surface area contributed by atoms with Gasteiger partial charge in [0.2, 0.25) is 11.9 Å². The summed E-state index contributed by atoms with van der Waals surface area (Å²) in [6.45, 7) is 0. The fourth-order valence-electron chi connectivity index (χ4n) is 3.04. The van der Waals surface area contributed by atoms with E-state index >= 15 is 0 Å². The van der Waals surface area contributed by atoms with Crippen LogP contribution >= 0.6 is 0 Å². The third kappa shape index (κ3) is 3.68. The largest absolute Gasteiger partial charge is 0.418 e. The van der Waals surface area contributed by atoms with Crippen LogP contribution in [0.1, 0.15) is 18.0 Å². The lowest BCUT2D eigenvalue weighted by atomic mass is 10.1. The van der Waals surface area contributed by atoms with Crippen molar-refractivity contribution in [2.45, 2.75) is 18.6 Å². The summed E-state index contributed by atoms with van der Waals surface area (Å²) in [5.41, 5.74) is -0.602. The highest BCUT2D eigenvalue weighted by Gasteiger charge is 2.37. The highest BCUT2D eigenvalue weighted by Crippen LogP contribution is 2.35. The van der Waals surface area contributed by atoms with Gasteiger partial charge in [-0.25, -0.2) is 4.68 Å². The first-order valence-corrected chi connectivity index (χ1v) is 8.62. The molecule has 148 valence electrons. The molecule has 1 unspecified atom stereocenters. The number of nitrogens with one attached hydrogen (secondary N) is 2. The third-order valence-electron chi connectivity index (χ3n) is 4.38. The van der Waals surface area contributed by atoms with Crippen LogP contribution in [-0.2, 0) is 15.8 Å².